The van der Waals surface area contributed by atoms with Gasteiger partial charge in [0.05, 0.1) is 10.9 Å². The Morgan fingerprint density at radius 1 is 1.40 bits per heavy atom. The molecule has 4 rings (SSSR count). The Bertz CT molecular complexity index is 961. The number of rotatable bonds is 3. The molecule has 7 nitrogen and oxygen atoms in total. The van der Waals surface area contributed by atoms with E-state index < -0.39 is 0 Å². The third kappa shape index (κ3) is 2.81. The molecule has 1 saturated heterocycles. The Morgan fingerprint density at radius 3 is 3.12 bits per heavy atom. The second-order valence-corrected chi connectivity index (χ2v) is 6.99. The number of nitrogens with zero attached hydrogens (tertiary/aromatic N) is 6. The lowest BCUT2D eigenvalue weighted by molar-refractivity contribution is 0.683. The van der Waals surface area contributed by atoms with Crippen molar-refractivity contribution in [1.82, 2.24) is 19.9 Å². The Hall–Kier alpha value is -2.66. The number of aromatic nitrogens is 4. The zero-order valence-corrected chi connectivity index (χ0v) is 15.2. The van der Waals surface area contributed by atoms with Crippen molar-refractivity contribution in [3.8, 4) is 6.07 Å². The maximum Gasteiger partial charge on any atom is 0.146 e. The molecule has 126 valence electrons. The number of aromatic amines is 1. The van der Waals surface area contributed by atoms with Crippen LogP contribution in [0.25, 0.3) is 11.0 Å². The van der Waals surface area contributed by atoms with Crippen molar-refractivity contribution < 1.29 is 0 Å². The molecule has 3 aromatic rings. The Morgan fingerprint density at radius 2 is 2.28 bits per heavy atom. The van der Waals surface area contributed by atoms with Gasteiger partial charge < -0.3 is 14.8 Å². The highest BCUT2D eigenvalue weighted by Crippen LogP contribution is 2.29. The van der Waals surface area contributed by atoms with E-state index in [-0.39, 0.29) is 6.04 Å². The lowest BCUT2D eigenvalue weighted by Gasteiger charge is -2.27. The van der Waals surface area contributed by atoms with Gasteiger partial charge in [-0.05, 0) is 34.5 Å². The molecule has 0 radical (unpaired) electrons. The molecule has 0 amide bonds. The molecule has 25 heavy (non-hydrogen) atoms. The monoisotopic (exact) mass is 397 g/mol. The van der Waals surface area contributed by atoms with Crippen LogP contribution in [0.2, 0.25) is 0 Å². The zero-order chi connectivity index (χ0) is 17.4. The van der Waals surface area contributed by atoms with Gasteiger partial charge in [0.1, 0.15) is 29.7 Å². The summed E-state index contributed by atoms with van der Waals surface area (Å²) < 4.78 is 0.810. The summed E-state index contributed by atoms with van der Waals surface area (Å²) in [6.45, 7) is 1.74. The highest BCUT2D eigenvalue weighted by Gasteiger charge is 2.29. The first-order valence-corrected chi connectivity index (χ1v) is 8.78. The SMILES string of the molecule is CN(c1ncc(Br)cc1C#N)C1CCN(c2ncnc3[nH]ccc23)C1. The number of likely N-dealkylation sites (N-methyl/N-ethyl adjacent to an activating group) is 1. The summed E-state index contributed by atoms with van der Waals surface area (Å²) in [7, 11) is 2.00. The van der Waals surface area contributed by atoms with E-state index in [1.165, 1.54) is 0 Å². The van der Waals surface area contributed by atoms with E-state index in [1.807, 2.05) is 19.3 Å². The number of hydrogen-bond donors (Lipinski definition) is 1. The number of H-pyrrole nitrogens is 1. The van der Waals surface area contributed by atoms with Crippen LogP contribution in [-0.2, 0) is 0 Å². The minimum absolute atomic E-state index is 0.268. The van der Waals surface area contributed by atoms with Gasteiger partial charge in [-0.25, -0.2) is 15.0 Å². The van der Waals surface area contributed by atoms with Gasteiger partial charge in [-0.3, -0.25) is 0 Å². The summed E-state index contributed by atoms with van der Waals surface area (Å²) in [5, 5.41) is 10.4. The third-order valence-corrected chi connectivity index (χ3v) is 5.07. The lowest BCUT2D eigenvalue weighted by Crippen LogP contribution is -2.35. The molecule has 4 heterocycles. The van der Waals surface area contributed by atoms with Crippen molar-refractivity contribution in [2.24, 2.45) is 0 Å². The van der Waals surface area contributed by atoms with Gasteiger partial charge in [0, 0.05) is 43.0 Å². The topological polar surface area (TPSA) is 84.7 Å². The summed E-state index contributed by atoms with van der Waals surface area (Å²) >= 11 is 3.37. The Kier molecular flexibility index (Phi) is 4.01. The number of anilines is 2. The minimum Gasteiger partial charge on any atom is -0.354 e. The normalized spacial score (nSPS) is 17.0. The molecule has 1 aliphatic rings. The average molecular weight is 398 g/mol. The van der Waals surface area contributed by atoms with Crippen molar-refractivity contribution >= 4 is 38.6 Å². The van der Waals surface area contributed by atoms with Crippen LogP contribution in [0.4, 0.5) is 11.6 Å². The summed E-state index contributed by atoms with van der Waals surface area (Å²) in [4.78, 5) is 20.7. The van der Waals surface area contributed by atoms with E-state index >= 15 is 0 Å². The zero-order valence-electron chi connectivity index (χ0n) is 13.6. The fourth-order valence-electron chi connectivity index (χ4n) is 3.33. The molecular weight excluding hydrogens is 382 g/mol. The highest BCUT2D eigenvalue weighted by atomic mass is 79.9. The average Bonchev–Trinajstić information content (AvgIpc) is 3.30. The molecule has 8 heteroatoms. The number of nitrogens with one attached hydrogen (secondary N) is 1. The van der Waals surface area contributed by atoms with E-state index in [1.54, 1.807) is 18.6 Å². The number of hydrogen-bond acceptors (Lipinski definition) is 6. The maximum atomic E-state index is 9.39. The summed E-state index contributed by atoms with van der Waals surface area (Å²) in [5.41, 5.74) is 1.42. The molecule has 0 saturated carbocycles. The standard InChI is InChI=1S/C17H16BrN7/c1-24(16-11(7-19)6-12(18)8-21-16)13-3-5-25(9-13)17-14-2-4-20-15(14)22-10-23-17/h2,4,6,8,10,13H,3,5,9H2,1H3,(H,20,22,23). The van der Waals surface area contributed by atoms with E-state index in [9.17, 15) is 5.26 Å². The van der Waals surface area contributed by atoms with Gasteiger partial charge in [-0.2, -0.15) is 5.26 Å². The third-order valence-electron chi connectivity index (χ3n) is 4.63. The van der Waals surface area contributed by atoms with Crippen LogP contribution in [0, 0.1) is 11.3 Å². The molecular formula is C17H16BrN7. The van der Waals surface area contributed by atoms with Gasteiger partial charge in [0.2, 0.25) is 0 Å². The number of pyridine rings is 1. The molecule has 1 N–H and O–H groups in total. The van der Waals surface area contributed by atoms with Crippen LogP contribution >= 0.6 is 15.9 Å². The number of halogens is 1. The van der Waals surface area contributed by atoms with Crippen LogP contribution in [0.1, 0.15) is 12.0 Å². The van der Waals surface area contributed by atoms with Gasteiger partial charge >= 0.3 is 0 Å². The van der Waals surface area contributed by atoms with Crippen LogP contribution < -0.4 is 9.80 Å². The predicted octanol–water partition coefficient (Wildman–Crippen LogP) is 2.70. The van der Waals surface area contributed by atoms with Gasteiger partial charge in [0.25, 0.3) is 0 Å². The Balaban J connectivity index is 1.59. The summed E-state index contributed by atoms with van der Waals surface area (Å²) in [6.07, 6.45) is 6.19. The maximum absolute atomic E-state index is 9.39. The number of nitriles is 1. The predicted molar refractivity (Wildman–Crippen MR) is 99.6 cm³/mol. The molecule has 0 spiro atoms. The van der Waals surface area contributed by atoms with E-state index in [4.69, 9.17) is 0 Å². The van der Waals surface area contributed by atoms with Crippen LogP contribution in [-0.4, -0.2) is 46.1 Å². The van der Waals surface area contributed by atoms with Crippen molar-refractivity contribution in [3.05, 3.63) is 40.9 Å². The molecule has 0 aliphatic carbocycles. The molecule has 1 atom stereocenters. The fourth-order valence-corrected chi connectivity index (χ4v) is 3.66. The van der Waals surface area contributed by atoms with Crippen molar-refractivity contribution in [3.63, 3.8) is 0 Å². The second-order valence-electron chi connectivity index (χ2n) is 6.07. The van der Waals surface area contributed by atoms with Gasteiger partial charge in [-0.1, -0.05) is 0 Å². The first kappa shape index (κ1) is 15.8. The summed E-state index contributed by atoms with van der Waals surface area (Å²) in [5.74, 6) is 1.67. The smallest absolute Gasteiger partial charge is 0.146 e. The fraction of sp³-hybridized carbons (Fsp3) is 0.294. The molecule has 0 bridgehead atoms. The molecule has 3 aromatic heterocycles. The van der Waals surface area contributed by atoms with Crippen molar-refractivity contribution in [2.75, 3.05) is 29.9 Å². The lowest BCUT2D eigenvalue weighted by atomic mass is 10.2. The van der Waals surface area contributed by atoms with Gasteiger partial charge in [-0.15, -0.1) is 0 Å². The van der Waals surface area contributed by atoms with Crippen molar-refractivity contribution in [2.45, 2.75) is 12.5 Å². The van der Waals surface area contributed by atoms with Crippen LogP contribution in [0.3, 0.4) is 0 Å². The molecule has 0 aromatic carbocycles. The minimum atomic E-state index is 0.268. The first-order valence-electron chi connectivity index (χ1n) is 7.99. The summed E-state index contributed by atoms with van der Waals surface area (Å²) in [6, 6.07) is 6.31. The number of fused-ring (bicyclic) bond motifs is 1. The molecule has 1 fully saturated rings. The van der Waals surface area contributed by atoms with Gasteiger partial charge in [0.15, 0.2) is 0 Å². The van der Waals surface area contributed by atoms with Crippen LogP contribution in [0.5, 0.6) is 0 Å². The first-order chi connectivity index (χ1) is 12.2. The van der Waals surface area contributed by atoms with E-state index in [0.717, 1.165) is 40.8 Å². The largest absolute Gasteiger partial charge is 0.354 e. The second kappa shape index (κ2) is 6.33. The Labute approximate surface area is 153 Å². The molecule has 1 unspecified atom stereocenters. The van der Waals surface area contributed by atoms with Crippen LogP contribution in [0.15, 0.2) is 35.3 Å². The molecule has 1 aliphatic heterocycles. The quantitative estimate of drug-likeness (QED) is 0.731. The van der Waals surface area contributed by atoms with Crippen molar-refractivity contribution in [1.29, 1.82) is 5.26 Å². The van der Waals surface area contributed by atoms with E-state index in [0.29, 0.717) is 11.4 Å². The highest BCUT2D eigenvalue weighted by molar-refractivity contribution is 9.10. The van der Waals surface area contributed by atoms with E-state index in [2.05, 4.69) is 51.7 Å².